The predicted molar refractivity (Wildman–Crippen MR) is 140 cm³/mol. The average Bonchev–Trinajstić information content (AvgIpc) is 3.24. The Bertz CT molecular complexity index is 1170. The summed E-state index contributed by atoms with van der Waals surface area (Å²) in [6, 6.07) is 8.60. The molecular weight excluding hydrogens is 478 g/mol. The number of hydrogen-bond donors (Lipinski definition) is 2. The van der Waals surface area contributed by atoms with E-state index in [9.17, 15) is 13.2 Å². The molecule has 198 valence electrons. The van der Waals surface area contributed by atoms with Crippen molar-refractivity contribution >= 4 is 21.9 Å². The highest BCUT2D eigenvalue weighted by molar-refractivity contribution is 7.89. The zero-order valence-corrected chi connectivity index (χ0v) is 22.9. The number of primary sulfonamides is 1. The summed E-state index contributed by atoms with van der Waals surface area (Å²) >= 11 is 0. The van der Waals surface area contributed by atoms with Gasteiger partial charge in [-0.1, -0.05) is 26.8 Å². The Morgan fingerprint density at radius 3 is 2.58 bits per heavy atom. The molecule has 1 aliphatic heterocycles. The highest BCUT2D eigenvalue weighted by Crippen LogP contribution is 2.31. The van der Waals surface area contributed by atoms with Crippen molar-refractivity contribution in [3.8, 4) is 0 Å². The van der Waals surface area contributed by atoms with Gasteiger partial charge in [0, 0.05) is 19.3 Å². The fourth-order valence-corrected chi connectivity index (χ4v) is 4.69. The lowest BCUT2D eigenvalue weighted by atomic mass is 9.86. The van der Waals surface area contributed by atoms with Crippen LogP contribution in [0.5, 0.6) is 0 Å². The van der Waals surface area contributed by atoms with E-state index in [1.807, 2.05) is 26.8 Å². The Kier molecular flexibility index (Phi) is 8.30. The zero-order valence-electron chi connectivity index (χ0n) is 22.1. The van der Waals surface area contributed by atoms with Gasteiger partial charge in [0.05, 0.1) is 11.7 Å². The third kappa shape index (κ3) is 7.89. The maximum absolute atomic E-state index is 12.5. The highest BCUT2D eigenvalue weighted by Gasteiger charge is 2.30. The first kappa shape index (κ1) is 27.9. The fraction of sp³-hybridized carbons (Fsp3) is 0.577. The molecule has 2 aromatic rings. The Hall–Kier alpha value is -2.72. The molecule has 1 unspecified atom stereocenters. The first-order chi connectivity index (χ1) is 16.6. The van der Waals surface area contributed by atoms with Gasteiger partial charge in [-0.05, 0) is 81.2 Å². The molecule has 3 N–H and O–H groups in total. The van der Waals surface area contributed by atoms with Gasteiger partial charge in [0.25, 0.3) is 10.0 Å². The minimum atomic E-state index is -3.92. The van der Waals surface area contributed by atoms with Crippen LogP contribution in [0.2, 0.25) is 0 Å². The van der Waals surface area contributed by atoms with Crippen molar-refractivity contribution < 1.29 is 17.9 Å². The van der Waals surface area contributed by atoms with E-state index in [1.165, 1.54) is 6.07 Å². The Morgan fingerprint density at radius 1 is 1.22 bits per heavy atom. The van der Waals surface area contributed by atoms with Crippen LogP contribution in [0.1, 0.15) is 78.1 Å². The number of carbonyl (C=O) groups excluding carboxylic acids is 1. The summed E-state index contributed by atoms with van der Waals surface area (Å²) in [5, 5.41) is 8.47. The number of amides is 1. The van der Waals surface area contributed by atoms with Crippen LogP contribution < -0.4 is 10.5 Å². The van der Waals surface area contributed by atoms with Crippen LogP contribution >= 0.6 is 0 Å². The predicted octanol–water partition coefficient (Wildman–Crippen LogP) is 4.61. The van der Waals surface area contributed by atoms with Gasteiger partial charge in [-0.25, -0.2) is 23.3 Å². The second-order valence-electron chi connectivity index (χ2n) is 11.5. The number of ether oxygens (including phenoxy) is 1. The van der Waals surface area contributed by atoms with Gasteiger partial charge in [0.1, 0.15) is 11.4 Å². The van der Waals surface area contributed by atoms with Gasteiger partial charge in [0.15, 0.2) is 5.03 Å². The van der Waals surface area contributed by atoms with Crippen LogP contribution in [0.3, 0.4) is 0 Å². The quantitative estimate of drug-likeness (QED) is 0.549. The van der Waals surface area contributed by atoms with Crippen molar-refractivity contribution in [2.45, 2.75) is 82.9 Å². The molecule has 9 nitrogen and oxygen atoms in total. The van der Waals surface area contributed by atoms with Gasteiger partial charge in [-0.2, -0.15) is 0 Å². The SMILES string of the molecule is CC(C)(C)OC(=O)N1CC[C@H](CCC(Nc2cccc(S(N)(=O)=O)n2)c2cc(C(C)(C)C)ccn2)C1. The molecule has 0 radical (unpaired) electrons. The number of nitrogens with one attached hydrogen (secondary N) is 1. The molecule has 10 heteroatoms. The molecule has 0 saturated carbocycles. The second kappa shape index (κ2) is 10.7. The lowest BCUT2D eigenvalue weighted by Crippen LogP contribution is -2.35. The first-order valence-electron chi connectivity index (χ1n) is 12.3. The summed E-state index contributed by atoms with van der Waals surface area (Å²) in [7, 11) is -3.92. The number of aromatic nitrogens is 2. The molecule has 3 rings (SSSR count). The average molecular weight is 518 g/mol. The molecule has 1 saturated heterocycles. The number of anilines is 1. The van der Waals surface area contributed by atoms with Crippen LogP contribution in [0.25, 0.3) is 0 Å². The van der Waals surface area contributed by atoms with Gasteiger partial charge < -0.3 is 15.0 Å². The lowest BCUT2D eigenvalue weighted by Gasteiger charge is -2.25. The summed E-state index contributed by atoms with van der Waals surface area (Å²) in [5.74, 6) is 0.743. The molecule has 36 heavy (non-hydrogen) atoms. The van der Waals surface area contributed by atoms with Gasteiger partial charge >= 0.3 is 6.09 Å². The van der Waals surface area contributed by atoms with E-state index < -0.39 is 15.6 Å². The molecule has 1 fully saturated rings. The molecule has 2 atom stereocenters. The van der Waals surface area contributed by atoms with Crippen molar-refractivity contribution in [2.75, 3.05) is 18.4 Å². The fourth-order valence-electron chi connectivity index (χ4n) is 4.19. The number of nitrogens with two attached hydrogens (primary N) is 1. The lowest BCUT2D eigenvalue weighted by molar-refractivity contribution is 0.0287. The van der Waals surface area contributed by atoms with Crippen LogP contribution in [-0.4, -0.2) is 48.1 Å². The van der Waals surface area contributed by atoms with Crippen molar-refractivity contribution in [2.24, 2.45) is 11.1 Å². The first-order valence-corrected chi connectivity index (χ1v) is 13.9. The smallest absolute Gasteiger partial charge is 0.410 e. The Labute approximate surface area is 214 Å². The van der Waals surface area contributed by atoms with Gasteiger partial charge in [-0.15, -0.1) is 0 Å². The molecule has 2 aromatic heterocycles. The molecule has 0 bridgehead atoms. The van der Waals surface area contributed by atoms with Crippen molar-refractivity contribution in [1.29, 1.82) is 0 Å². The van der Waals surface area contributed by atoms with Crippen LogP contribution in [0.4, 0.5) is 10.6 Å². The number of rotatable bonds is 7. The van der Waals surface area contributed by atoms with E-state index in [1.54, 1.807) is 23.2 Å². The number of hydrogen-bond acceptors (Lipinski definition) is 7. The molecule has 0 aliphatic carbocycles. The van der Waals surface area contributed by atoms with Crippen molar-refractivity contribution in [3.05, 3.63) is 47.8 Å². The number of sulfonamides is 1. The molecule has 0 aromatic carbocycles. The minimum absolute atomic E-state index is 0.0482. The standard InChI is InChI=1S/C26H39N5O4S/c1-25(2,3)19-12-14-28-21(16-19)20(29-22-8-7-9-23(30-22)36(27,33)34)11-10-18-13-15-31(17-18)24(32)35-26(4,5)6/h7-9,12,14,16,18,20H,10-11,13,15,17H2,1-6H3,(H,29,30)(H2,27,33,34)/t18-,20?/m0/s1. The van der Waals surface area contributed by atoms with Crippen molar-refractivity contribution in [3.63, 3.8) is 0 Å². The van der Waals surface area contributed by atoms with Gasteiger partial charge in [0.2, 0.25) is 0 Å². The van der Waals surface area contributed by atoms with E-state index >= 15 is 0 Å². The monoisotopic (exact) mass is 517 g/mol. The summed E-state index contributed by atoms with van der Waals surface area (Å²) < 4.78 is 29.1. The normalized spacial score (nSPS) is 17.6. The minimum Gasteiger partial charge on any atom is -0.444 e. The molecule has 0 spiro atoms. The van der Waals surface area contributed by atoms with Crippen LogP contribution in [-0.2, 0) is 20.2 Å². The molecule has 1 aliphatic rings. The maximum atomic E-state index is 12.5. The van der Waals surface area contributed by atoms with Gasteiger partial charge in [-0.3, -0.25) is 4.98 Å². The number of likely N-dealkylation sites (tertiary alicyclic amines) is 1. The van der Waals surface area contributed by atoms with E-state index in [0.717, 1.165) is 30.5 Å². The molecule has 1 amide bonds. The third-order valence-corrected chi connectivity index (χ3v) is 6.95. The maximum Gasteiger partial charge on any atom is 0.410 e. The largest absolute Gasteiger partial charge is 0.444 e. The second-order valence-corrected chi connectivity index (χ2v) is 13.0. The van der Waals surface area contributed by atoms with Crippen LogP contribution in [0.15, 0.2) is 41.6 Å². The summed E-state index contributed by atoms with van der Waals surface area (Å²) in [6.07, 6.45) is 4.02. The topological polar surface area (TPSA) is 128 Å². The number of carbonyl (C=O) groups is 1. The summed E-state index contributed by atoms with van der Waals surface area (Å²) in [5.41, 5.74) is 1.44. The van der Waals surface area contributed by atoms with E-state index in [4.69, 9.17) is 9.88 Å². The third-order valence-electron chi connectivity index (χ3n) is 6.14. The summed E-state index contributed by atoms with van der Waals surface area (Å²) in [4.78, 5) is 23.1. The van der Waals surface area contributed by atoms with Crippen molar-refractivity contribution in [1.82, 2.24) is 14.9 Å². The number of nitrogens with zero attached hydrogens (tertiary/aromatic N) is 3. The molecular formula is C26H39N5O4S. The highest BCUT2D eigenvalue weighted by atomic mass is 32.2. The number of pyridine rings is 2. The van der Waals surface area contributed by atoms with E-state index in [2.05, 4.69) is 42.1 Å². The molecule has 3 heterocycles. The summed E-state index contributed by atoms with van der Waals surface area (Å²) in [6.45, 7) is 13.4. The van der Waals surface area contributed by atoms with E-state index in [-0.39, 0.29) is 22.6 Å². The van der Waals surface area contributed by atoms with E-state index in [0.29, 0.717) is 24.8 Å². The zero-order chi connectivity index (χ0) is 26.7. The Morgan fingerprint density at radius 2 is 1.94 bits per heavy atom. The van der Waals surface area contributed by atoms with Crippen LogP contribution in [0, 0.1) is 5.92 Å². The Balaban J connectivity index is 1.78.